The van der Waals surface area contributed by atoms with E-state index < -0.39 is 0 Å². The number of nitrogens with one attached hydrogen (secondary N) is 1. The van der Waals surface area contributed by atoms with Gasteiger partial charge in [0.05, 0.1) is 0 Å². The lowest BCUT2D eigenvalue weighted by molar-refractivity contribution is -0.145. The lowest BCUT2D eigenvalue weighted by Crippen LogP contribution is -2.53. The number of H-pyrrole nitrogens is 1. The highest BCUT2D eigenvalue weighted by molar-refractivity contribution is 5.98. The predicted octanol–water partition coefficient (Wildman–Crippen LogP) is 2.27. The van der Waals surface area contributed by atoms with Crippen LogP contribution in [0.5, 0.6) is 0 Å². The average molecular weight is 343 g/mol. The molecule has 1 aromatic carbocycles. The molecule has 2 amide bonds. The van der Waals surface area contributed by atoms with E-state index in [-0.39, 0.29) is 17.9 Å². The minimum atomic E-state index is -0.374. The van der Waals surface area contributed by atoms with Gasteiger partial charge in [0, 0.05) is 43.7 Å². The van der Waals surface area contributed by atoms with E-state index in [0.717, 1.165) is 10.9 Å². The summed E-state index contributed by atoms with van der Waals surface area (Å²) in [6.45, 7) is 6.57. The maximum atomic E-state index is 12.7. The fourth-order valence-electron chi connectivity index (χ4n) is 3.26. The van der Waals surface area contributed by atoms with Crippen molar-refractivity contribution in [2.45, 2.75) is 26.4 Å². The Hall–Kier alpha value is -2.34. The lowest BCUT2D eigenvalue weighted by Gasteiger charge is -2.36. The zero-order chi connectivity index (χ0) is 17.8. The van der Waals surface area contributed by atoms with Crippen molar-refractivity contribution in [1.82, 2.24) is 14.8 Å². The van der Waals surface area contributed by atoms with Gasteiger partial charge >= 0.3 is 0 Å². The lowest BCUT2D eigenvalue weighted by atomic mass is 10.2. The Kier molecular flexibility index (Phi) is 5.38. The quantitative estimate of drug-likeness (QED) is 0.906. The van der Waals surface area contributed by atoms with E-state index >= 15 is 0 Å². The van der Waals surface area contributed by atoms with Gasteiger partial charge in [0.15, 0.2) is 0 Å². The second-order valence-electron chi connectivity index (χ2n) is 6.24. The number of piperazine rings is 1. The minimum absolute atomic E-state index is 0.0138. The first-order valence-corrected chi connectivity index (χ1v) is 8.91. The van der Waals surface area contributed by atoms with Gasteiger partial charge in [-0.1, -0.05) is 25.1 Å². The van der Waals surface area contributed by atoms with Crippen LogP contribution < -0.4 is 0 Å². The molecule has 1 fully saturated rings. The van der Waals surface area contributed by atoms with Gasteiger partial charge in [0.1, 0.15) is 11.8 Å². The van der Waals surface area contributed by atoms with Crippen LogP contribution in [0.2, 0.25) is 0 Å². The van der Waals surface area contributed by atoms with E-state index in [1.807, 2.05) is 44.2 Å². The van der Waals surface area contributed by atoms with Crippen LogP contribution in [0.15, 0.2) is 30.3 Å². The highest BCUT2D eigenvalue weighted by Crippen LogP contribution is 2.17. The van der Waals surface area contributed by atoms with Crippen LogP contribution in [0, 0.1) is 0 Å². The Morgan fingerprint density at radius 3 is 2.44 bits per heavy atom. The first-order chi connectivity index (χ1) is 12.1. The summed E-state index contributed by atoms with van der Waals surface area (Å²) in [6, 6.07) is 9.73. The standard InChI is InChI=1S/C19H25N3O3/c1-3-17(25-4-2)19(24)22-11-9-21(10-12-22)18(23)16-13-14-7-5-6-8-15(14)20-16/h5-8,13,17,20H,3-4,9-12H2,1-2H3/t17-/m0/s1. The van der Waals surface area contributed by atoms with Crippen molar-refractivity contribution in [1.29, 1.82) is 0 Å². The van der Waals surface area contributed by atoms with Crippen molar-refractivity contribution in [2.75, 3.05) is 32.8 Å². The molecule has 0 saturated carbocycles. The number of para-hydroxylation sites is 1. The number of rotatable bonds is 5. The van der Waals surface area contributed by atoms with Crippen LogP contribution in [-0.2, 0) is 9.53 Å². The van der Waals surface area contributed by atoms with Crippen LogP contribution in [-0.4, -0.2) is 65.5 Å². The maximum absolute atomic E-state index is 12.7. The molecule has 2 aromatic rings. The first-order valence-electron chi connectivity index (χ1n) is 8.91. The summed E-state index contributed by atoms with van der Waals surface area (Å²) in [7, 11) is 0. The Balaban J connectivity index is 1.61. The van der Waals surface area contributed by atoms with Crippen molar-refractivity contribution < 1.29 is 14.3 Å². The molecule has 134 valence electrons. The molecule has 0 radical (unpaired) electrons. The van der Waals surface area contributed by atoms with Crippen LogP contribution >= 0.6 is 0 Å². The summed E-state index contributed by atoms with van der Waals surface area (Å²) in [5, 5.41) is 1.03. The Labute approximate surface area is 147 Å². The van der Waals surface area contributed by atoms with Crippen LogP contribution in [0.3, 0.4) is 0 Å². The summed E-state index contributed by atoms with van der Waals surface area (Å²) in [5.74, 6) is 0.0159. The molecule has 3 rings (SSSR count). The average Bonchev–Trinajstić information content (AvgIpc) is 3.09. The first kappa shape index (κ1) is 17.5. The fourth-order valence-corrected chi connectivity index (χ4v) is 3.26. The van der Waals surface area contributed by atoms with Crippen molar-refractivity contribution in [3.05, 3.63) is 36.0 Å². The Bertz CT molecular complexity index is 714. The van der Waals surface area contributed by atoms with E-state index in [1.165, 1.54) is 0 Å². The number of benzene rings is 1. The number of aromatic nitrogens is 1. The van der Waals surface area contributed by atoms with E-state index in [0.29, 0.717) is 44.9 Å². The van der Waals surface area contributed by atoms with Crippen LogP contribution in [0.4, 0.5) is 0 Å². The molecule has 6 nitrogen and oxygen atoms in total. The second-order valence-corrected chi connectivity index (χ2v) is 6.24. The topological polar surface area (TPSA) is 65.6 Å². The number of fused-ring (bicyclic) bond motifs is 1. The molecule has 0 bridgehead atoms. The molecule has 0 spiro atoms. The van der Waals surface area contributed by atoms with Crippen molar-refractivity contribution in [2.24, 2.45) is 0 Å². The molecule has 1 aromatic heterocycles. The normalized spacial score (nSPS) is 16.2. The number of hydrogen-bond acceptors (Lipinski definition) is 3. The monoisotopic (exact) mass is 343 g/mol. The SMILES string of the molecule is CCO[C@@H](CC)C(=O)N1CCN(C(=O)c2cc3ccccc3[nH]2)CC1. The van der Waals surface area contributed by atoms with Gasteiger partial charge < -0.3 is 19.5 Å². The minimum Gasteiger partial charge on any atom is -0.369 e. The van der Waals surface area contributed by atoms with Crippen LogP contribution in [0.1, 0.15) is 30.8 Å². The van der Waals surface area contributed by atoms with Gasteiger partial charge in [-0.3, -0.25) is 9.59 Å². The zero-order valence-electron chi connectivity index (χ0n) is 14.8. The van der Waals surface area contributed by atoms with Crippen LogP contribution in [0.25, 0.3) is 10.9 Å². The Morgan fingerprint density at radius 2 is 1.80 bits per heavy atom. The van der Waals surface area contributed by atoms with Gasteiger partial charge in [0.2, 0.25) is 0 Å². The van der Waals surface area contributed by atoms with Crippen molar-refractivity contribution in [3.63, 3.8) is 0 Å². The van der Waals surface area contributed by atoms with Crippen molar-refractivity contribution >= 4 is 22.7 Å². The summed E-state index contributed by atoms with van der Waals surface area (Å²) < 4.78 is 5.51. The number of aromatic amines is 1. The van der Waals surface area contributed by atoms with E-state index in [9.17, 15) is 9.59 Å². The predicted molar refractivity (Wildman–Crippen MR) is 96.5 cm³/mol. The largest absolute Gasteiger partial charge is 0.369 e. The molecular weight excluding hydrogens is 318 g/mol. The summed E-state index contributed by atoms with van der Waals surface area (Å²) >= 11 is 0. The highest BCUT2D eigenvalue weighted by atomic mass is 16.5. The van der Waals surface area contributed by atoms with Gasteiger partial charge in [-0.2, -0.15) is 0 Å². The molecular formula is C19H25N3O3. The molecule has 25 heavy (non-hydrogen) atoms. The molecule has 1 atom stereocenters. The van der Waals surface area contributed by atoms with Gasteiger partial charge in [0.25, 0.3) is 11.8 Å². The molecule has 1 N–H and O–H groups in total. The summed E-state index contributed by atoms with van der Waals surface area (Å²) in [5.41, 5.74) is 1.56. The third kappa shape index (κ3) is 3.69. The van der Waals surface area contributed by atoms with E-state index in [4.69, 9.17) is 4.74 Å². The number of nitrogens with zero attached hydrogens (tertiary/aromatic N) is 2. The van der Waals surface area contributed by atoms with Gasteiger partial charge in [-0.15, -0.1) is 0 Å². The molecule has 1 saturated heterocycles. The smallest absolute Gasteiger partial charge is 0.270 e. The summed E-state index contributed by atoms with van der Waals surface area (Å²) in [4.78, 5) is 32.0. The number of hydrogen-bond donors (Lipinski definition) is 1. The number of carbonyl (C=O) groups is 2. The summed E-state index contributed by atoms with van der Waals surface area (Å²) in [6.07, 6.45) is 0.293. The highest BCUT2D eigenvalue weighted by Gasteiger charge is 2.29. The molecule has 2 heterocycles. The molecule has 0 unspecified atom stereocenters. The van der Waals surface area contributed by atoms with Gasteiger partial charge in [-0.25, -0.2) is 0 Å². The van der Waals surface area contributed by atoms with Gasteiger partial charge in [-0.05, 0) is 25.5 Å². The molecule has 0 aliphatic carbocycles. The second kappa shape index (κ2) is 7.70. The Morgan fingerprint density at radius 1 is 1.12 bits per heavy atom. The van der Waals surface area contributed by atoms with Crippen molar-refractivity contribution in [3.8, 4) is 0 Å². The fraction of sp³-hybridized carbons (Fsp3) is 0.474. The number of amides is 2. The molecule has 1 aliphatic heterocycles. The maximum Gasteiger partial charge on any atom is 0.270 e. The van der Waals surface area contributed by atoms with E-state index in [2.05, 4.69) is 4.98 Å². The zero-order valence-corrected chi connectivity index (χ0v) is 14.8. The van der Waals surface area contributed by atoms with E-state index in [1.54, 1.807) is 9.80 Å². The molecule has 6 heteroatoms. The number of ether oxygens (including phenoxy) is 1. The number of carbonyl (C=O) groups excluding carboxylic acids is 2. The third-order valence-electron chi connectivity index (χ3n) is 4.65. The third-order valence-corrected chi connectivity index (χ3v) is 4.65. The molecule has 1 aliphatic rings.